The maximum absolute atomic E-state index is 13.2. The van der Waals surface area contributed by atoms with Crippen molar-refractivity contribution in [1.82, 2.24) is 25.0 Å². The van der Waals surface area contributed by atoms with Gasteiger partial charge in [-0.3, -0.25) is 4.99 Å². The lowest BCUT2D eigenvalue weighted by molar-refractivity contribution is 0.370. The van der Waals surface area contributed by atoms with Crippen molar-refractivity contribution < 1.29 is 4.39 Å². The van der Waals surface area contributed by atoms with Crippen LogP contribution in [0.3, 0.4) is 0 Å². The van der Waals surface area contributed by atoms with E-state index in [1.165, 1.54) is 12.1 Å². The summed E-state index contributed by atoms with van der Waals surface area (Å²) in [6.07, 6.45) is 5.87. The number of aromatic nitrogens is 3. The highest BCUT2D eigenvalue weighted by Crippen LogP contribution is 2.17. The van der Waals surface area contributed by atoms with Crippen LogP contribution < -0.4 is 10.2 Å². The van der Waals surface area contributed by atoms with Gasteiger partial charge in [-0.1, -0.05) is 6.92 Å². The van der Waals surface area contributed by atoms with Gasteiger partial charge in [-0.05, 0) is 42.7 Å². The average Bonchev–Trinajstić information content (AvgIpc) is 3.24. The van der Waals surface area contributed by atoms with E-state index in [4.69, 9.17) is 4.99 Å². The molecule has 1 aliphatic rings. The number of aliphatic imine (C=N–C) groups is 1. The Labute approximate surface area is 182 Å². The molecule has 0 bridgehead atoms. The molecule has 0 saturated carbocycles. The Bertz CT molecular complexity index is 785. The van der Waals surface area contributed by atoms with Crippen LogP contribution in [0.15, 0.2) is 35.6 Å². The molecule has 1 saturated heterocycles. The van der Waals surface area contributed by atoms with Crippen LogP contribution >= 0.6 is 11.8 Å². The van der Waals surface area contributed by atoms with Crippen molar-refractivity contribution in [2.75, 3.05) is 56.2 Å². The van der Waals surface area contributed by atoms with Crippen molar-refractivity contribution >= 4 is 23.4 Å². The van der Waals surface area contributed by atoms with Gasteiger partial charge in [-0.15, -0.1) is 10.2 Å². The molecule has 0 radical (unpaired) electrons. The van der Waals surface area contributed by atoms with E-state index in [2.05, 4.69) is 43.1 Å². The van der Waals surface area contributed by atoms with E-state index >= 15 is 0 Å². The number of nitrogens with zero attached hydrogens (tertiary/aromatic N) is 6. The summed E-state index contributed by atoms with van der Waals surface area (Å²) < 4.78 is 15.3. The van der Waals surface area contributed by atoms with Crippen LogP contribution in [0.5, 0.6) is 0 Å². The highest BCUT2D eigenvalue weighted by atomic mass is 32.2. The van der Waals surface area contributed by atoms with Gasteiger partial charge in [-0.25, -0.2) is 4.39 Å². The summed E-state index contributed by atoms with van der Waals surface area (Å²) in [5, 5.41) is 11.7. The number of piperazine rings is 1. The number of hydrogen-bond acceptors (Lipinski definition) is 5. The summed E-state index contributed by atoms with van der Waals surface area (Å²) in [6.45, 7) is 8.07. The van der Waals surface area contributed by atoms with Gasteiger partial charge in [0.2, 0.25) is 0 Å². The summed E-state index contributed by atoms with van der Waals surface area (Å²) in [4.78, 5) is 9.49. The topological polar surface area (TPSA) is 61.6 Å². The Morgan fingerprint density at radius 1 is 1.20 bits per heavy atom. The van der Waals surface area contributed by atoms with E-state index in [9.17, 15) is 4.39 Å². The Hall–Kier alpha value is -2.29. The standard InChI is InChI=1S/C21H32FN7S/c1-3-20-26-25-17-29(20)11-10-24-21(23-9-4-16-30-2)28-14-12-27(13-15-28)19-7-5-18(22)6-8-19/h5-8,17H,3-4,9-16H2,1-2H3,(H,23,24). The van der Waals surface area contributed by atoms with Crippen molar-refractivity contribution in [1.29, 1.82) is 0 Å². The molecule has 0 unspecified atom stereocenters. The largest absolute Gasteiger partial charge is 0.368 e. The van der Waals surface area contributed by atoms with E-state index < -0.39 is 0 Å². The SMILES string of the molecule is CCc1nncn1CCNC(=NCCCSC)N1CCN(c2ccc(F)cc2)CC1. The van der Waals surface area contributed by atoms with Gasteiger partial charge in [0.25, 0.3) is 0 Å². The number of anilines is 1. The number of halogens is 1. The maximum atomic E-state index is 13.2. The van der Waals surface area contributed by atoms with E-state index in [1.807, 2.05) is 23.9 Å². The minimum atomic E-state index is -0.194. The summed E-state index contributed by atoms with van der Waals surface area (Å²) in [5.41, 5.74) is 1.07. The fourth-order valence-corrected chi connectivity index (χ4v) is 3.94. The van der Waals surface area contributed by atoms with Gasteiger partial charge in [0.1, 0.15) is 18.0 Å². The van der Waals surface area contributed by atoms with Gasteiger partial charge >= 0.3 is 0 Å². The molecule has 2 heterocycles. The zero-order valence-electron chi connectivity index (χ0n) is 17.9. The van der Waals surface area contributed by atoms with E-state index in [0.717, 1.165) is 81.9 Å². The first-order chi connectivity index (χ1) is 14.7. The first-order valence-corrected chi connectivity index (χ1v) is 12.0. The van der Waals surface area contributed by atoms with Crippen molar-refractivity contribution in [3.8, 4) is 0 Å². The van der Waals surface area contributed by atoms with Crippen molar-refractivity contribution in [2.24, 2.45) is 4.99 Å². The molecule has 1 aromatic heterocycles. The van der Waals surface area contributed by atoms with Crippen LogP contribution in [0.1, 0.15) is 19.2 Å². The first-order valence-electron chi connectivity index (χ1n) is 10.6. The molecular weight excluding hydrogens is 401 g/mol. The number of rotatable bonds is 9. The lowest BCUT2D eigenvalue weighted by Crippen LogP contribution is -2.53. The molecule has 0 atom stereocenters. The van der Waals surface area contributed by atoms with Gasteiger partial charge in [-0.2, -0.15) is 11.8 Å². The van der Waals surface area contributed by atoms with E-state index in [-0.39, 0.29) is 5.82 Å². The molecule has 0 spiro atoms. The molecule has 0 aliphatic carbocycles. The summed E-state index contributed by atoms with van der Waals surface area (Å²) in [5.74, 6) is 2.90. The zero-order chi connectivity index (χ0) is 21.2. The zero-order valence-corrected chi connectivity index (χ0v) is 18.7. The predicted molar refractivity (Wildman–Crippen MR) is 123 cm³/mol. The Morgan fingerprint density at radius 2 is 1.97 bits per heavy atom. The fourth-order valence-electron chi connectivity index (χ4n) is 3.52. The monoisotopic (exact) mass is 433 g/mol. The van der Waals surface area contributed by atoms with E-state index in [0.29, 0.717) is 0 Å². The molecule has 1 N–H and O–H groups in total. The Balaban J connectivity index is 1.55. The first kappa shape index (κ1) is 22.4. The molecule has 0 amide bonds. The average molecular weight is 434 g/mol. The summed E-state index contributed by atoms with van der Waals surface area (Å²) in [6, 6.07) is 6.76. The van der Waals surface area contributed by atoms with Gasteiger partial charge in [0.05, 0.1) is 0 Å². The molecule has 1 aromatic carbocycles. The molecular formula is C21H32FN7S. The van der Waals surface area contributed by atoms with Crippen LogP contribution in [0.2, 0.25) is 0 Å². The van der Waals surface area contributed by atoms with Gasteiger partial charge in [0, 0.05) is 57.9 Å². The molecule has 1 fully saturated rings. The quantitative estimate of drug-likeness (QED) is 0.373. The second-order valence-corrected chi connectivity index (χ2v) is 8.21. The minimum absolute atomic E-state index is 0.194. The summed E-state index contributed by atoms with van der Waals surface area (Å²) >= 11 is 1.85. The Kier molecular flexibility index (Phi) is 8.80. The third-order valence-corrected chi connectivity index (χ3v) is 5.88. The number of thioether (sulfide) groups is 1. The van der Waals surface area contributed by atoms with Crippen LogP contribution in [-0.4, -0.2) is 76.9 Å². The lowest BCUT2D eigenvalue weighted by atomic mass is 10.2. The van der Waals surface area contributed by atoms with Gasteiger partial charge < -0.3 is 19.7 Å². The number of hydrogen-bond donors (Lipinski definition) is 1. The third-order valence-electron chi connectivity index (χ3n) is 5.19. The van der Waals surface area contributed by atoms with E-state index in [1.54, 1.807) is 6.33 Å². The third kappa shape index (κ3) is 6.35. The number of guanidine groups is 1. The van der Waals surface area contributed by atoms with Crippen LogP contribution in [0.25, 0.3) is 0 Å². The highest BCUT2D eigenvalue weighted by Gasteiger charge is 2.20. The maximum Gasteiger partial charge on any atom is 0.194 e. The molecule has 164 valence electrons. The van der Waals surface area contributed by atoms with Crippen molar-refractivity contribution in [3.63, 3.8) is 0 Å². The predicted octanol–water partition coefficient (Wildman–Crippen LogP) is 2.50. The van der Waals surface area contributed by atoms with Crippen LogP contribution in [0, 0.1) is 5.82 Å². The lowest BCUT2D eigenvalue weighted by Gasteiger charge is -2.37. The number of aryl methyl sites for hydroxylation is 1. The second kappa shape index (κ2) is 11.8. The highest BCUT2D eigenvalue weighted by molar-refractivity contribution is 7.98. The number of benzene rings is 1. The second-order valence-electron chi connectivity index (χ2n) is 7.22. The summed E-state index contributed by atoms with van der Waals surface area (Å²) in [7, 11) is 0. The normalized spacial score (nSPS) is 15.0. The molecule has 2 aromatic rings. The molecule has 1 aliphatic heterocycles. The Morgan fingerprint density at radius 3 is 2.67 bits per heavy atom. The fraction of sp³-hybridized carbons (Fsp3) is 0.571. The molecule has 30 heavy (non-hydrogen) atoms. The smallest absolute Gasteiger partial charge is 0.194 e. The molecule has 7 nitrogen and oxygen atoms in total. The number of nitrogens with one attached hydrogen (secondary N) is 1. The van der Waals surface area contributed by atoms with Crippen molar-refractivity contribution in [3.05, 3.63) is 42.2 Å². The molecule has 9 heteroatoms. The van der Waals surface area contributed by atoms with Crippen molar-refractivity contribution in [2.45, 2.75) is 26.3 Å². The van der Waals surface area contributed by atoms with Gasteiger partial charge in [0.15, 0.2) is 5.96 Å². The minimum Gasteiger partial charge on any atom is -0.368 e. The van der Waals surface area contributed by atoms with Crippen LogP contribution in [0.4, 0.5) is 10.1 Å². The van der Waals surface area contributed by atoms with Crippen LogP contribution in [-0.2, 0) is 13.0 Å². The molecule has 3 rings (SSSR count).